The van der Waals surface area contributed by atoms with E-state index in [0.29, 0.717) is 6.54 Å². The van der Waals surface area contributed by atoms with Crippen molar-refractivity contribution in [3.8, 4) is 11.1 Å². The molecule has 0 spiro atoms. The Morgan fingerprint density at radius 3 is 1.92 bits per heavy atom. The van der Waals surface area contributed by atoms with Crippen molar-refractivity contribution in [2.24, 2.45) is 0 Å². The van der Waals surface area contributed by atoms with Gasteiger partial charge in [-0.25, -0.2) is 9.59 Å². The van der Waals surface area contributed by atoms with Gasteiger partial charge in [0.05, 0.1) is 6.54 Å². The topological polar surface area (TPSA) is 114 Å². The third kappa shape index (κ3) is 9.09. The van der Waals surface area contributed by atoms with Gasteiger partial charge in [0.1, 0.15) is 19.8 Å². The number of alkyl carbamates (subject to hydrolysis) is 2. The molecule has 9 nitrogen and oxygen atoms in total. The van der Waals surface area contributed by atoms with Gasteiger partial charge in [0.2, 0.25) is 5.91 Å². The second-order valence-electron chi connectivity index (χ2n) is 11.7. The molecule has 1 aliphatic carbocycles. The first-order chi connectivity index (χ1) is 23.4. The van der Waals surface area contributed by atoms with E-state index in [4.69, 9.17) is 9.47 Å². The number of nitrogens with one attached hydrogen (secondary N) is 2. The van der Waals surface area contributed by atoms with Crippen LogP contribution in [0.5, 0.6) is 0 Å². The van der Waals surface area contributed by atoms with Gasteiger partial charge in [0.15, 0.2) is 5.78 Å². The molecule has 4 aromatic carbocycles. The van der Waals surface area contributed by atoms with Crippen molar-refractivity contribution >= 4 is 23.9 Å². The Bertz CT molecular complexity index is 1650. The van der Waals surface area contributed by atoms with Crippen LogP contribution in [0.4, 0.5) is 9.59 Å². The molecule has 0 aliphatic heterocycles. The lowest BCUT2D eigenvalue weighted by molar-refractivity contribution is -0.131. The van der Waals surface area contributed by atoms with Crippen LogP contribution < -0.4 is 10.6 Å². The van der Waals surface area contributed by atoms with Crippen LogP contribution in [0.15, 0.2) is 109 Å². The van der Waals surface area contributed by atoms with Crippen LogP contribution in [-0.2, 0) is 25.7 Å². The monoisotopic (exact) mass is 647 g/mol. The lowest BCUT2D eigenvalue weighted by atomic mass is 9.95. The standard InChI is InChI=1S/C39H41N3O6/c1-2-29(30-15-7-4-8-16-30)25-42(22-21-31(43)23-40-38(45)47-26-28-13-5-3-6-14-28)37(44)24-41-39(46)48-27-36-34-19-11-9-17-32(34)33-18-10-12-20-35(33)36/h3-20,29,36H,2,21-27H2,1H3,(H,40,45)(H,41,46). The summed E-state index contributed by atoms with van der Waals surface area (Å²) in [5, 5.41) is 5.10. The maximum absolute atomic E-state index is 13.5. The molecular formula is C39H41N3O6. The van der Waals surface area contributed by atoms with Gasteiger partial charge in [-0.15, -0.1) is 0 Å². The number of rotatable bonds is 15. The molecule has 4 aromatic rings. The predicted molar refractivity (Wildman–Crippen MR) is 183 cm³/mol. The zero-order chi connectivity index (χ0) is 33.7. The van der Waals surface area contributed by atoms with Crippen LogP contribution >= 0.6 is 0 Å². The molecule has 0 radical (unpaired) electrons. The Kier molecular flexibility index (Phi) is 12.0. The summed E-state index contributed by atoms with van der Waals surface area (Å²) in [5.41, 5.74) is 6.38. The summed E-state index contributed by atoms with van der Waals surface area (Å²) in [6, 6.07) is 35.3. The quantitative estimate of drug-likeness (QED) is 0.154. The SMILES string of the molecule is CCC(CN(CCC(=O)CNC(=O)OCc1ccccc1)C(=O)CNC(=O)OCC1c2ccccc2-c2ccccc21)c1ccccc1. The van der Waals surface area contributed by atoms with E-state index in [1.165, 1.54) is 0 Å². The molecule has 0 heterocycles. The molecule has 0 fully saturated rings. The van der Waals surface area contributed by atoms with Gasteiger partial charge in [-0.05, 0) is 39.8 Å². The van der Waals surface area contributed by atoms with Crippen molar-refractivity contribution in [3.63, 3.8) is 0 Å². The average Bonchev–Trinajstić information content (AvgIpc) is 3.45. The molecule has 9 heteroatoms. The highest BCUT2D eigenvalue weighted by atomic mass is 16.6. The van der Waals surface area contributed by atoms with E-state index in [0.717, 1.165) is 39.8 Å². The first kappa shape index (κ1) is 33.9. The summed E-state index contributed by atoms with van der Waals surface area (Å²) in [7, 11) is 0. The molecule has 248 valence electrons. The molecule has 5 rings (SSSR count). The zero-order valence-electron chi connectivity index (χ0n) is 27.1. The maximum Gasteiger partial charge on any atom is 0.407 e. The highest BCUT2D eigenvalue weighted by molar-refractivity contribution is 5.86. The summed E-state index contributed by atoms with van der Waals surface area (Å²) in [5.74, 6) is -0.643. The van der Waals surface area contributed by atoms with Crippen LogP contribution in [0.1, 0.15) is 53.9 Å². The molecule has 0 aromatic heterocycles. The minimum Gasteiger partial charge on any atom is -0.449 e. The van der Waals surface area contributed by atoms with Gasteiger partial charge >= 0.3 is 12.2 Å². The number of benzene rings is 4. The number of hydrogen-bond acceptors (Lipinski definition) is 6. The Hall–Kier alpha value is -5.44. The summed E-state index contributed by atoms with van der Waals surface area (Å²) in [6.45, 7) is 2.28. The van der Waals surface area contributed by atoms with Crippen LogP contribution in [-0.4, -0.2) is 61.6 Å². The number of nitrogens with zero attached hydrogens (tertiary/aromatic N) is 1. The predicted octanol–water partition coefficient (Wildman–Crippen LogP) is 6.43. The molecule has 1 atom stereocenters. The van der Waals surface area contributed by atoms with Crippen molar-refractivity contribution in [3.05, 3.63) is 131 Å². The van der Waals surface area contributed by atoms with Gasteiger partial charge in [-0.1, -0.05) is 116 Å². The normalized spacial score (nSPS) is 12.3. The maximum atomic E-state index is 13.5. The highest BCUT2D eigenvalue weighted by Crippen LogP contribution is 2.44. The highest BCUT2D eigenvalue weighted by Gasteiger charge is 2.29. The number of amides is 3. The van der Waals surface area contributed by atoms with Crippen molar-refractivity contribution < 1.29 is 28.7 Å². The molecule has 48 heavy (non-hydrogen) atoms. The van der Waals surface area contributed by atoms with E-state index in [1.54, 1.807) is 4.90 Å². The van der Waals surface area contributed by atoms with Crippen LogP contribution in [0, 0.1) is 0 Å². The van der Waals surface area contributed by atoms with Crippen molar-refractivity contribution in [1.82, 2.24) is 15.5 Å². The third-order valence-electron chi connectivity index (χ3n) is 8.59. The van der Waals surface area contributed by atoms with E-state index in [9.17, 15) is 19.2 Å². The molecule has 2 N–H and O–H groups in total. The fourth-order valence-electron chi connectivity index (χ4n) is 5.98. The Labute approximate surface area is 281 Å². The smallest absolute Gasteiger partial charge is 0.407 e. The minimum absolute atomic E-state index is 0.0286. The first-order valence-electron chi connectivity index (χ1n) is 16.3. The zero-order valence-corrected chi connectivity index (χ0v) is 27.1. The number of Topliss-reactive ketones (excluding diaryl/α,β-unsaturated/α-hetero) is 1. The van der Waals surface area contributed by atoms with E-state index in [1.807, 2.05) is 104 Å². The van der Waals surface area contributed by atoms with Crippen LogP contribution in [0.2, 0.25) is 0 Å². The minimum atomic E-state index is -0.692. The lowest BCUT2D eigenvalue weighted by Crippen LogP contribution is -2.43. The van der Waals surface area contributed by atoms with Crippen molar-refractivity contribution in [2.75, 3.05) is 32.8 Å². The van der Waals surface area contributed by atoms with Crippen molar-refractivity contribution in [1.29, 1.82) is 0 Å². The molecule has 0 saturated heterocycles. The number of hydrogen-bond donors (Lipinski definition) is 2. The van der Waals surface area contributed by atoms with Gasteiger partial charge in [0, 0.05) is 31.3 Å². The summed E-state index contributed by atoms with van der Waals surface area (Å²) >= 11 is 0. The molecule has 1 unspecified atom stereocenters. The van der Waals surface area contributed by atoms with Gasteiger partial charge in [0.25, 0.3) is 0 Å². The molecule has 1 aliphatic rings. The lowest BCUT2D eigenvalue weighted by Gasteiger charge is -2.27. The van der Waals surface area contributed by atoms with E-state index < -0.39 is 12.2 Å². The molecule has 0 bridgehead atoms. The van der Waals surface area contributed by atoms with Gasteiger partial charge in [-0.3, -0.25) is 9.59 Å². The Balaban J connectivity index is 1.14. The number of carbonyl (C=O) groups excluding carboxylic acids is 4. The number of fused-ring (bicyclic) bond motifs is 3. The fourth-order valence-corrected chi connectivity index (χ4v) is 5.98. The summed E-state index contributed by atoms with van der Waals surface area (Å²) < 4.78 is 10.8. The largest absolute Gasteiger partial charge is 0.449 e. The third-order valence-corrected chi connectivity index (χ3v) is 8.59. The average molecular weight is 648 g/mol. The fraction of sp³-hybridized carbons (Fsp3) is 0.282. The van der Waals surface area contributed by atoms with Crippen LogP contribution in [0.25, 0.3) is 11.1 Å². The molecule has 0 saturated carbocycles. The van der Waals surface area contributed by atoms with Crippen molar-refractivity contribution in [2.45, 2.75) is 38.2 Å². The Morgan fingerprint density at radius 2 is 1.27 bits per heavy atom. The number of ether oxygens (including phenoxy) is 2. The van der Waals surface area contributed by atoms with E-state index in [2.05, 4.69) is 22.8 Å². The van der Waals surface area contributed by atoms with E-state index >= 15 is 0 Å². The van der Waals surface area contributed by atoms with Crippen LogP contribution in [0.3, 0.4) is 0 Å². The summed E-state index contributed by atoms with van der Waals surface area (Å²) in [4.78, 5) is 52.7. The molecular weight excluding hydrogens is 606 g/mol. The van der Waals surface area contributed by atoms with E-state index in [-0.39, 0.29) is 62.8 Å². The second kappa shape index (κ2) is 16.9. The van der Waals surface area contributed by atoms with Gasteiger partial charge in [-0.2, -0.15) is 0 Å². The number of carbonyl (C=O) groups is 4. The first-order valence-corrected chi connectivity index (χ1v) is 16.3. The summed E-state index contributed by atoms with van der Waals surface area (Å²) in [6.07, 6.45) is -0.575. The second-order valence-corrected chi connectivity index (χ2v) is 11.7. The molecule has 3 amide bonds. The van der Waals surface area contributed by atoms with Gasteiger partial charge < -0.3 is 25.0 Å². The number of ketones is 1. The Morgan fingerprint density at radius 1 is 0.708 bits per heavy atom.